The first-order valence-electron chi connectivity index (χ1n) is 14.1. The molecule has 0 aromatic heterocycles. The van der Waals surface area contributed by atoms with Crippen molar-refractivity contribution in [3.05, 3.63) is 47.5 Å². The maximum Gasteiger partial charge on any atom is 0.338 e. The average Bonchev–Trinajstić information content (AvgIpc) is 3.07. The van der Waals surface area contributed by atoms with Gasteiger partial charge in [-0.15, -0.1) is 0 Å². The Morgan fingerprint density at radius 1 is 0.796 bits per heavy atom. The highest BCUT2D eigenvalue weighted by molar-refractivity contribution is 5.92. The molecule has 1 saturated heterocycles. The van der Waals surface area contributed by atoms with Crippen LogP contribution in [0.25, 0.3) is 6.08 Å². The van der Waals surface area contributed by atoms with Crippen LogP contribution in [0.15, 0.2) is 36.4 Å². The Labute approximate surface area is 276 Å². The monoisotopic (exact) mass is 698 g/mol. The van der Waals surface area contributed by atoms with Crippen molar-refractivity contribution in [2.24, 2.45) is 0 Å². The van der Waals surface area contributed by atoms with E-state index >= 15 is 0 Å². The van der Waals surface area contributed by atoms with Crippen LogP contribution in [0.4, 0.5) is 0 Å². The van der Waals surface area contributed by atoms with E-state index in [4.69, 9.17) is 28.4 Å². The summed E-state index contributed by atoms with van der Waals surface area (Å²) in [5.41, 5.74) is -0.358. The predicted molar refractivity (Wildman–Crippen MR) is 158 cm³/mol. The Hall–Kier alpha value is -5.18. The summed E-state index contributed by atoms with van der Waals surface area (Å²) in [6, 6.07) is 5.37. The number of carboxylic acid groups (broad SMARTS) is 2. The molecular formula is C30H34O19. The fourth-order valence-corrected chi connectivity index (χ4v) is 4.41. The van der Waals surface area contributed by atoms with Crippen molar-refractivity contribution < 1.29 is 93.6 Å². The third-order valence-corrected chi connectivity index (χ3v) is 7.11. The average molecular weight is 699 g/mol. The molecule has 19 heteroatoms. The molecular weight excluding hydrogens is 664 g/mol. The lowest BCUT2D eigenvalue weighted by Gasteiger charge is -2.38. The molecule has 0 amide bonds. The fraction of sp³-hybridized carbons (Fsp3) is 0.400. The standard InChI is InChI=1S/C30H34O19/c1-11-19(33)21(35)22(36)30(46-11)47-15-8-12(4-6-14(15)31)5-7-18(32)48-25(23(37)27(39)40)26(24(38)28(41)42)49-29(43)13-9-16(44-2)20(34)17(10-13)45-3/h4-11,19,21-26,30-31,33-38H,1-3H3,(H,39,40)(H,41,42)/b7-5+/t11-,19-,21+,22+,23-,24+,25+,26+,30-/m0/s1. The molecule has 0 aliphatic carbocycles. The van der Waals surface area contributed by atoms with E-state index in [-0.39, 0.29) is 22.8 Å². The Balaban J connectivity index is 1.87. The van der Waals surface area contributed by atoms with Gasteiger partial charge in [0.1, 0.15) is 18.3 Å². The number of ether oxygens (including phenoxy) is 6. The van der Waals surface area contributed by atoms with Gasteiger partial charge in [0.2, 0.25) is 12.0 Å². The maximum atomic E-state index is 13.0. The summed E-state index contributed by atoms with van der Waals surface area (Å²) in [6.07, 6.45) is -16.2. The summed E-state index contributed by atoms with van der Waals surface area (Å²) in [6.45, 7) is 1.40. The molecule has 0 bridgehead atoms. The molecule has 0 saturated carbocycles. The maximum absolute atomic E-state index is 13.0. The molecule has 1 aliphatic heterocycles. The van der Waals surface area contributed by atoms with E-state index < -0.39 is 96.1 Å². The van der Waals surface area contributed by atoms with E-state index in [2.05, 4.69) is 0 Å². The van der Waals surface area contributed by atoms with E-state index in [9.17, 15) is 65.1 Å². The second kappa shape index (κ2) is 16.3. The number of benzene rings is 2. The van der Waals surface area contributed by atoms with Gasteiger partial charge in [0.05, 0.1) is 25.9 Å². The molecule has 2 aromatic rings. The second-order valence-electron chi connectivity index (χ2n) is 10.4. The zero-order valence-electron chi connectivity index (χ0n) is 25.8. The van der Waals surface area contributed by atoms with Crippen LogP contribution < -0.4 is 14.2 Å². The van der Waals surface area contributed by atoms with Crippen LogP contribution in [-0.4, -0.2) is 139 Å². The number of carboxylic acids is 2. The highest BCUT2D eigenvalue weighted by Gasteiger charge is 2.46. The molecule has 1 heterocycles. The predicted octanol–water partition coefficient (Wildman–Crippen LogP) is -1.64. The molecule has 3 rings (SSSR count). The smallest absolute Gasteiger partial charge is 0.338 e. The highest BCUT2D eigenvalue weighted by atomic mass is 16.7. The molecule has 0 unspecified atom stereocenters. The number of carbonyl (C=O) groups is 4. The van der Waals surface area contributed by atoms with Crippen molar-refractivity contribution >= 4 is 30.0 Å². The molecule has 19 nitrogen and oxygen atoms in total. The Bertz CT molecular complexity index is 1530. The minimum atomic E-state index is -2.75. The lowest BCUT2D eigenvalue weighted by molar-refractivity contribution is -0.268. The van der Waals surface area contributed by atoms with Crippen LogP contribution in [0.2, 0.25) is 0 Å². The number of hydrogen-bond acceptors (Lipinski definition) is 17. The third kappa shape index (κ3) is 9.04. The topological polar surface area (TPSA) is 306 Å². The molecule has 9 atom stereocenters. The summed E-state index contributed by atoms with van der Waals surface area (Å²) < 4.78 is 30.6. The number of phenols is 2. The molecule has 268 valence electrons. The van der Waals surface area contributed by atoms with Crippen LogP contribution in [0.5, 0.6) is 28.7 Å². The van der Waals surface area contributed by atoms with Crippen molar-refractivity contribution in [2.75, 3.05) is 14.2 Å². The van der Waals surface area contributed by atoms with E-state index in [1.807, 2.05) is 0 Å². The third-order valence-electron chi connectivity index (χ3n) is 7.11. The van der Waals surface area contributed by atoms with Crippen molar-refractivity contribution in [2.45, 2.75) is 62.0 Å². The number of aromatic hydroxyl groups is 2. The van der Waals surface area contributed by atoms with Gasteiger partial charge in [0.25, 0.3) is 0 Å². The SMILES string of the molecule is COc1cc(C(=O)O[C@@H]([C@H](OC(=O)/C=C/c2ccc(O)c(O[C@@H]3O[C@@H](C)[C@H](O)[C@@H](O)[C@H]3O)c2)[C@H](O)C(=O)O)[C@@H](O)C(=O)O)cc(OC)c1O. The number of aliphatic carboxylic acids is 2. The molecule has 9 N–H and O–H groups in total. The number of phenolic OH excluding ortho intramolecular Hbond substituents is 2. The van der Waals surface area contributed by atoms with Gasteiger partial charge in [-0.2, -0.15) is 0 Å². The van der Waals surface area contributed by atoms with E-state index in [0.29, 0.717) is 6.08 Å². The van der Waals surface area contributed by atoms with Gasteiger partial charge in [0, 0.05) is 6.08 Å². The number of aliphatic hydroxyl groups excluding tert-OH is 5. The Morgan fingerprint density at radius 3 is 1.88 bits per heavy atom. The second-order valence-corrected chi connectivity index (χ2v) is 10.4. The zero-order valence-corrected chi connectivity index (χ0v) is 25.8. The summed E-state index contributed by atoms with van der Waals surface area (Å²) in [5, 5.41) is 89.9. The van der Waals surface area contributed by atoms with E-state index in [1.165, 1.54) is 13.0 Å². The van der Waals surface area contributed by atoms with Crippen LogP contribution in [0.3, 0.4) is 0 Å². The first-order valence-corrected chi connectivity index (χ1v) is 14.1. The van der Waals surface area contributed by atoms with Crippen molar-refractivity contribution in [3.8, 4) is 28.7 Å². The summed E-state index contributed by atoms with van der Waals surface area (Å²) in [7, 11) is 2.26. The van der Waals surface area contributed by atoms with Crippen LogP contribution in [0.1, 0.15) is 22.8 Å². The number of hydrogen-bond donors (Lipinski definition) is 9. The quantitative estimate of drug-likeness (QED) is 0.0789. The minimum Gasteiger partial charge on any atom is -0.504 e. The Morgan fingerprint density at radius 2 is 1.35 bits per heavy atom. The summed E-state index contributed by atoms with van der Waals surface area (Å²) in [5.74, 6) is -8.91. The van der Waals surface area contributed by atoms with E-state index in [1.54, 1.807) is 0 Å². The van der Waals surface area contributed by atoms with Gasteiger partial charge in [-0.1, -0.05) is 6.07 Å². The molecule has 0 radical (unpaired) electrons. The van der Waals surface area contributed by atoms with Gasteiger partial charge >= 0.3 is 23.9 Å². The van der Waals surface area contributed by atoms with Crippen LogP contribution >= 0.6 is 0 Å². The number of methoxy groups -OCH3 is 2. The largest absolute Gasteiger partial charge is 0.504 e. The minimum absolute atomic E-state index is 0.0998. The summed E-state index contributed by atoms with van der Waals surface area (Å²) in [4.78, 5) is 49.2. The number of rotatable bonds is 14. The molecule has 0 spiro atoms. The number of aliphatic hydroxyl groups is 5. The normalized spacial score (nSPS) is 23.1. The molecule has 49 heavy (non-hydrogen) atoms. The fourth-order valence-electron chi connectivity index (χ4n) is 4.41. The van der Waals surface area contributed by atoms with Crippen molar-refractivity contribution in [3.63, 3.8) is 0 Å². The summed E-state index contributed by atoms with van der Waals surface area (Å²) >= 11 is 0. The first-order chi connectivity index (χ1) is 23.0. The van der Waals surface area contributed by atoms with E-state index in [0.717, 1.165) is 44.6 Å². The van der Waals surface area contributed by atoms with Gasteiger partial charge in [-0.05, 0) is 42.8 Å². The number of esters is 2. The van der Waals surface area contributed by atoms with Gasteiger partial charge in [-0.25, -0.2) is 19.2 Å². The van der Waals surface area contributed by atoms with Gasteiger partial charge < -0.3 is 74.4 Å². The molecule has 2 aromatic carbocycles. The van der Waals surface area contributed by atoms with Gasteiger partial charge in [-0.3, -0.25) is 0 Å². The molecule has 1 fully saturated rings. The first kappa shape index (κ1) is 38.3. The highest BCUT2D eigenvalue weighted by Crippen LogP contribution is 2.37. The van der Waals surface area contributed by atoms with Crippen LogP contribution in [0, 0.1) is 0 Å². The van der Waals surface area contributed by atoms with Crippen molar-refractivity contribution in [1.82, 2.24) is 0 Å². The lowest BCUT2D eigenvalue weighted by Crippen LogP contribution is -2.58. The zero-order chi connectivity index (χ0) is 36.7. The lowest BCUT2D eigenvalue weighted by atomic mass is 10.00. The van der Waals surface area contributed by atoms with Crippen LogP contribution in [-0.2, 0) is 28.6 Å². The number of carbonyl (C=O) groups excluding carboxylic acids is 2. The Kier molecular flexibility index (Phi) is 12.7. The molecule has 1 aliphatic rings. The van der Waals surface area contributed by atoms with Crippen molar-refractivity contribution in [1.29, 1.82) is 0 Å². The van der Waals surface area contributed by atoms with Gasteiger partial charge in [0.15, 0.2) is 47.4 Å².